The van der Waals surface area contributed by atoms with E-state index in [-0.39, 0.29) is 12.1 Å². The van der Waals surface area contributed by atoms with Gasteiger partial charge in [0, 0.05) is 5.69 Å². The molecule has 1 amide bonds. The van der Waals surface area contributed by atoms with Crippen LogP contribution in [0.5, 0.6) is 0 Å². The average Bonchev–Trinajstić information content (AvgIpc) is 2.39. The highest BCUT2D eigenvalue weighted by atomic mass is 16.2. The Hall–Kier alpha value is -2.29. The van der Waals surface area contributed by atoms with Gasteiger partial charge in [0.25, 0.3) is 5.91 Å². The van der Waals surface area contributed by atoms with Gasteiger partial charge < -0.3 is 10.6 Å². The van der Waals surface area contributed by atoms with E-state index in [0.29, 0.717) is 5.56 Å². The average molecular weight is 238 g/mol. The van der Waals surface area contributed by atoms with Gasteiger partial charge >= 0.3 is 0 Å². The van der Waals surface area contributed by atoms with Gasteiger partial charge in [0.15, 0.2) is 0 Å². The van der Waals surface area contributed by atoms with Crippen LogP contribution in [0.3, 0.4) is 0 Å². The summed E-state index contributed by atoms with van der Waals surface area (Å²) in [5, 5.41) is 6.33. The number of benzene rings is 2. The maximum absolute atomic E-state index is 12.0. The van der Waals surface area contributed by atoms with Crippen molar-refractivity contribution in [2.24, 2.45) is 0 Å². The number of aryl methyl sites for hydroxylation is 1. The highest BCUT2D eigenvalue weighted by Gasteiger charge is 2.24. The Labute approximate surface area is 106 Å². The zero-order valence-electron chi connectivity index (χ0n) is 10.1. The SMILES string of the molecule is Cc1ccccc1C1NC(=O)c2ccccc2N1. The van der Waals surface area contributed by atoms with E-state index in [1.165, 1.54) is 0 Å². The first-order chi connectivity index (χ1) is 8.75. The molecule has 0 fully saturated rings. The predicted octanol–water partition coefficient (Wildman–Crippen LogP) is 2.85. The van der Waals surface area contributed by atoms with Crippen LogP contribution < -0.4 is 10.6 Å². The van der Waals surface area contributed by atoms with Crippen LogP contribution in [-0.2, 0) is 0 Å². The molecule has 1 atom stereocenters. The van der Waals surface area contributed by atoms with E-state index in [9.17, 15) is 4.79 Å². The van der Waals surface area contributed by atoms with Gasteiger partial charge in [-0.2, -0.15) is 0 Å². The van der Waals surface area contributed by atoms with Gasteiger partial charge in [-0.25, -0.2) is 0 Å². The van der Waals surface area contributed by atoms with Crippen LogP contribution in [0, 0.1) is 6.92 Å². The van der Waals surface area contributed by atoms with Crippen LogP contribution in [0.4, 0.5) is 5.69 Å². The molecule has 1 unspecified atom stereocenters. The summed E-state index contributed by atoms with van der Waals surface area (Å²) in [7, 11) is 0. The second kappa shape index (κ2) is 4.18. The maximum atomic E-state index is 12.0. The lowest BCUT2D eigenvalue weighted by atomic mass is 10.0. The van der Waals surface area contributed by atoms with E-state index in [0.717, 1.165) is 16.8 Å². The topological polar surface area (TPSA) is 41.1 Å². The third-order valence-corrected chi connectivity index (χ3v) is 3.25. The monoisotopic (exact) mass is 238 g/mol. The van der Waals surface area contributed by atoms with Crippen LogP contribution in [0.15, 0.2) is 48.5 Å². The summed E-state index contributed by atoms with van der Waals surface area (Å²) in [6.07, 6.45) is -0.159. The molecule has 0 aliphatic carbocycles. The van der Waals surface area contributed by atoms with E-state index in [1.807, 2.05) is 55.5 Å². The van der Waals surface area contributed by atoms with Crippen molar-refractivity contribution in [3.63, 3.8) is 0 Å². The van der Waals surface area contributed by atoms with Crippen molar-refractivity contribution in [2.75, 3.05) is 5.32 Å². The molecule has 0 aromatic heterocycles. The van der Waals surface area contributed by atoms with Gasteiger partial charge in [-0.3, -0.25) is 4.79 Å². The highest BCUT2D eigenvalue weighted by molar-refractivity contribution is 6.01. The van der Waals surface area contributed by atoms with E-state index in [2.05, 4.69) is 10.6 Å². The molecule has 2 aromatic carbocycles. The van der Waals surface area contributed by atoms with E-state index in [1.54, 1.807) is 0 Å². The molecule has 3 rings (SSSR count). The largest absolute Gasteiger partial charge is 0.361 e. The van der Waals surface area contributed by atoms with Crippen LogP contribution in [-0.4, -0.2) is 5.91 Å². The van der Waals surface area contributed by atoms with Gasteiger partial charge in [0.2, 0.25) is 0 Å². The number of rotatable bonds is 1. The first kappa shape index (κ1) is 10.8. The Morgan fingerprint density at radius 1 is 0.944 bits per heavy atom. The predicted molar refractivity (Wildman–Crippen MR) is 71.5 cm³/mol. The fraction of sp³-hybridized carbons (Fsp3) is 0.133. The van der Waals surface area contributed by atoms with Crippen molar-refractivity contribution in [2.45, 2.75) is 13.1 Å². The van der Waals surface area contributed by atoms with E-state index < -0.39 is 0 Å². The normalized spacial score (nSPS) is 17.6. The number of hydrogen-bond acceptors (Lipinski definition) is 2. The zero-order chi connectivity index (χ0) is 12.5. The Morgan fingerprint density at radius 3 is 2.50 bits per heavy atom. The van der Waals surface area contributed by atoms with Crippen molar-refractivity contribution < 1.29 is 4.79 Å². The third kappa shape index (κ3) is 1.74. The standard InChI is InChI=1S/C15H14N2O/c1-10-6-2-3-7-11(10)14-16-13-9-5-4-8-12(13)15(18)17-14/h2-9,14,16H,1H3,(H,17,18). The molecular formula is C15H14N2O. The van der Waals surface area contributed by atoms with Gasteiger partial charge in [-0.1, -0.05) is 36.4 Å². The second-order valence-corrected chi connectivity index (χ2v) is 4.45. The number of carbonyl (C=O) groups is 1. The second-order valence-electron chi connectivity index (χ2n) is 4.45. The minimum absolute atomic E-state index is 0.0300. The highest BCUT2D eigenvalue weighted by Crippen LogP contribution is 2.27. The Morgan fingerprint density at radius 2 is 1.67 bits per heavy atom. The van der Waals surface area contributed by atoms with Crippen molar-refractivity contribution >= 4 is 11.6 Å². The van der Waals surface area contributed by atoms with Crippen molar-refractivity contribution in [3.8, 4) is 0 Å². The first-order valence-corrected chi connectivity index (χ1v) is 5.97. The number of carbonyl (C=O) groups excluding carboxylic acids is 1. The summed E-state index contributed by atoms with van der Waals surface area (Å²) in [6, 6.07) is 15.6. The molecule has 0 bridgehead atoms. The fourth-order valence-electron chi connectivity index (χ4n) is 2.27. The van der Waals surface area contributed by atoms with Crippen molar-refractivity contribution in [3.05, 3.63) is 65.2 Å². The summed E-state index contributed by atoms with van der Waals surface area (Å²) in [5.74, 6) is -0.0300. The third-order valence-electron chi connectivity index (χ3n) is 3.25. The van der Waals surface area contributed by atoms with Crippen LogP contribution >= 0.6 is 0 Å². The molecule has 2 N–H and O–H groups in total. The molecule has 0 saturated heterocycles. The molecule has 1 aliphatic rings. The molecule has 1 heterocycles. The minimum Gasteiger partial charge on any atom is -0.361 e. The maximum Gasteiger partial charge on any atom is 0.255 e. The number of para-hydroxylation sites is 1. The molecule has 3 nitrogen and oxygen atoms in total. The van der Waals surface area contributed by atoms with Crippen LogP contribution in [0.25, 0.3) is 0 Å². The number of amides is 1. The fourth-order valence-corrected chi connectivity index (χ4v) is 2.27. The summed E-state index contributed by atoms with van der Waals surface area (Å²) < 4.78 is 0. The smallest absolute Gasteiger partial charge is 0.255 e. The Bertz CT molecular complexity index is 607. The lowest BCUT2D eigenvalue weighted by Crippen LogP contribution is -2.38. The molecule has 0 saturated carbocycles. The first-order valence-electron chi connectivity index (χ1n) is 5.97. The van der Waals surface area contributed by atoms with E-state index in [4.69, 9.17) is 0 Å². The van der Waals surface area contributed by atoms with Gasteiger partial charge in [0.05, 0.1) is 5.56 Å². The summed E-state index contributed by atoms with van der Waals surface area (Å²) in [4.78, 5) is 12.0. The summed E-state index contributed by atoms with van der Waals surface area (Å²) in [5.41, 5.74) is 3.84. The molecular weight excluding hydrogens is 224 g/mol. The molecule has 90 valence electrons. The van der Waals surface area contributed by atoms with Gasteiger partial charge in [-0.05, 0) is 30.2 Å². The Balaban J connectivity index is 2.00. The van der Waals surface area contributed by atoms with Gasteiger partial charge in [0.1, 0.15) is 6.17 Å². The lowest BCUT2D eigenvalue weighted by molar-refractivity contribution is 0.0935. The molecule has 18 heavy (non-hydrogen) atoms. The zero-order valence-corrected chi connectivity index (χ0v) is 10.1. The van der Waals surface area contributed by atoms with Crippen LogP contribution in [0.1, 0.15) is 27.7 Å². The molecule has 1 aliphatic heterocycles. The minimum atomic E-state index is -0.159. The quantitative estimate of drug-likeness (QED) is 0.802. The molecule has 3 heteroatoms. The summed E-state index contributed by atoms with van der Waals surface area (Å²) in [6.45, 7) is 2.05. The Kier molecular flexibility index (Phi) is 2.52. The molecule has 2 aromatic rings. The molecule has 0 spiro atoms. The summed E-state index contributed by atoms with van der Waals surface area (Å²) >= 11 is 0. The lowest BCUT2D eigenvalue weighted by Gasteiger charge is -2.29. The molecule has 0 radical (unpaired) electrons. The van der Waals surface area contributed by atoms with Crippen molar-refractivity contribution in [1.82, 2.24) is 5.32 Å². The number of hydrogen-bond donors (Lipinski definition) is 2. The van der Waals surface area contributed by atoms with Gasteiger partial charge in [-0.15, -0.1) is 0 Å². The number of nitrogens with one attached hydrogen (secondary N) is 2. The number of fused-ring (bicyclic) bond motifs is 1. The number of anilines is 1. The van der Waals surface area contributed by atoms with E-state index >= 15 is 0 Å². The van der Waals surface area contributed by atoms with Crippen LogP contribution in [0.2, 0.25) is 0 Å². The van der Waals surface area contributed by atoms with Crippen molar-refractivity contribution in [1.29, 1.82) is 0 Å².